The number of rotatable bonds is 3. The highest BCUT2D eigenvalue weighted by Crippen LogP contribution is 2.34. The second-order valence-electron chi connectivity index (χ2n) is 4.73. The third kappa shape index (κ3) is 2.14. The Morgan fingerprint density at radius 3 is 2.67 bits per heavy atom. The monoisotopic (exact) mass is 267 g/mol. The highest BCUT2D eigenvalue weighted by atomic mass is 32.2. The first kappa shape index (κ1) is 13.1. The first-order valence-electron chi connectivity index (χ1n) is 6.00. The predicted octanol–water partition coefficient (Wildman–Crippen LogP) is 1.99. The first-order chi connectivity index (χ1) is 8.34. The molecule has 0 N–H and O–H groups in total. The summed E-state index contributed by atoms with van der Waals surface area (Å²) in [6, 6.07) is 5.19. The van der Waals surface area contributed by atoms with Gasteiger partial charge in [-0.25, -0.2) is 8.42 Å². The standard InChI is InChI=1S/C13H17NO3S/c1-4-13(15)10-5-6-12-11(8-10)7-9(2)14(12)18(3,16)17/h5-6,8-9H,4,7H2,1-3H3. The van der Waals surface area contributed by atoms with Gasteiger partial charge in [-0.2, -0.15) is 0 Å². The molecule has 0 spiro atoms. The van der Waals surface area contributed by atoms with Crippen LogP contribution in [-0.4, -0.2) is 26.5 Å². The van der Waals surface area contributed by atoms with Crippen LogP contribution in [0, 0.1) is 0 Å². The minimum atomic E-state index is -3.26. The van der Waals surface area contributed by atoms with E-state index in [1.165, 1.54) is 10.6 Å². The lowest BCUT2D eigenvalue weighted by Gasteiger charge is -2.21. The number of sulfonamides is 1. The highest BCUT2D eigenvalue weighted by molar-refractivity contribution is 7.92. The second kappa shape index (κ2) is 4.39. The molecule has 1 aliphatic heterocycles. The number of benzene rings is 1. The van der Waals surface area contributed by atoms with Gasteiger partial charge in [0.05, 0.1) is 11.9 Å². The molecule has 0 radical (unpaired) electrons. The Balaban J connectivity index is 2.48. The Morgan fingerprint density at radius 1 is 1.44 bits per heavy atom. The van der Waals surface area contributed by atoms with Crippen LogP contribution >= 0.6 is 0 Å². The minimum Gasteiger partial charge on any atom is -0.294 e. The summed E-state index contributed by atoms with van der Waals surface area (Å²) in [5, 5.41) is 0. The lowest BCUT2D eigenvalue weighted by Crippen LogP contribution is -2.34. The normalized spacial score (nSPS) is 18.8. The van der Waals surface area contributed by atoms with Crippen LogP contribution in [0.2, 0.25) is 0 Å². The third-order valence-corrected chi connectivity index (χ3v) is 4.50. The number of nitrogens with zero attached hydrogens (tertiary/aromatic N) is 1. The van der Waals surface area contributed by atoms with Gasteiger partial charge in [-0.15, -0.1) is 0 Å². The molecule has 1 atom stereocenters. The molecule has 0 aliphatic carbocycles. The zero-order valence-electron chi connectivity index (χ0n) is 10.8. The van der Waals surface area contributed by atoms with E-state index in [1.54, 1.807) is 12.1 Å². The van der Waals surface area contributed by atoms with E-state index >= 15 is 0 Å². The zero-order valence-corrected chi connectivity index (χ0v) is 11.6. The Kier molecular flexibility index (Phi) is 3.19. The molecule has 0 amide bonds. The van der Waals surface area contributed by atoms with E-state index in [4.69, 9.17) is 0 Å². The van der Waals surface area contributed by atoms with Gasteiger partial charge in [0.2, 0.25) is 10.0 Å². The number of fused-ring (bicyclic) bond motifs is 1. The molecule has 0 fully saturated rings. The van der Waals surface area contributed by atoms with E-state index < -0.39 is 10.0 Å². The molecule has 0 aromatic heterocycles. The maximum absolute atomic E-state index is 11.7. The number of ketones is 1. The molecular formula is C13H17NO3S. The van der Waals surface area contributed by atoms with Crippen molar-refractivity contribution in [2.24, 2.45) is 0 Å². The van der Waals surface area contributed by atoms with Crippen molar-refractivity contribution in [2.45, 2.75) is 32.7 Å². The smallest absolute Gasteiger partial charge is 0.232 e. The van der Waals surface area contributed by atoms with Crippen molar-refractivity contribution >= 4 is 21.5 Å². The zero-order chi connectivity index (χ0) is 13.5. The molecule has 0 saturated carbocycles. The molecule has 0 bridgehead atoms. The average molecular weight is 267 g/mol. The molecule has 0 saturated heterocycles. The molecule has 1 aliphatic rings. The molecule has 2 rings (SSSR count). The van der Waals surface area contributed by atoms with Crippen LogP contribution in [0.3, 0.4) is 0 Å². The maximum atomic E-state index is 11.7. The third-order valence-electron chi connectivity index (χ3n) is 3.23. The SMILES string of the molecule is CCC(=O)c1ccc2c(c1)CC(C)N2S(C)(=O)=O. The lowest BCUT2D eigenvalue weighted by molar-refractivity contribution is 0.0988. The molecule has 5 heteroatoms. The fourth-order valence-corrected chi connectivity index (χ4v) is 3.75. The largest absolute Gasteiger partial charge is 0.294 e. The van der Waals surface area contributed by atoms with Crippen molar-refractivity contribution in [1.82, 2.24) is 0 Å². The van der Waals surface area contributed by atoms with Crippen molar-refractivity contribution in [3.05, 3.63) is 29.3 Å². The average Bonchev–Trinajstić information content (AvgIpc) is 2.62. The lowest BCUT2D eigenvalue weighted by atomic mass is 10.0. The summed E-state index contributed by atoms with van der Waals surface area (Å²) in [5.74, 6) is 0.0864. The van der Waals surface area contributed by atoms with Crippen molar-refractivity contribution in [3.63, 3.8) is 0 Å². The summed E-state index contributed by atoms with van der Waals surface area (Å²) in [4.78, 5) is 11.6. The van der Waals surface area contributed by atoms with Gasteiger partial charge in [0.1, 0.15) is 0 Å². The van der Waals surface area contributed by atoms with Crippen LogP contribution in [-0.2, 0) is 16.4 Å². The molecule has 98 valence electrons. The maximum Gasteiger partial charge on any atom is 0.232 e. The summed E-state index contributed by atoms with van der Waals surface area (Å²) in [7, 11) is -3.26. The molecule has 1 unspecified atom stereocenters. The number of anilines is 1. The van der Waals surface area contributed by atoms with Gasteiger partial charge in [0.25, 0.3) is 0 Å². The fourth-order valence-electron chi connectivity index (χ4n) is 2.49. The number of hydrogen-bond donors (Lipinski definition) is 0. The molecule has 4 nitrogen and oxygen atoms in total. The molecule has 1 aromatic carbocycles. The van der Waals surface area contributed by atoms with Gasteiger partial charge in [0.15, 0.2) is 5.78 Å². The van der Waals surface area contributed by atoms with E-state index in [0.29, 0.717) is 24.1 Å². The van der Waals surface area contributed by atoms with E-state index in [1.807, 2.05) is 19.9 Å². The van der Waals surface area contributed by atoms with E-state index in [2.05, 4.69) is 0 Å². The van der Waals surface area contributed by atoms with Gasteiger partial charge < -0.3 is 0 Å². The van der Waals surface area contributed by atoms with E-state index in [-0.39, 0.29) is 11.8 Å². The van der Waals surface area contributed by atoms with Crippen molar-refractivity contribution in [1.29, 1.82) is 0 Å². The fraction of sp³-hybridized carbons (Fsp3) is 0.462. The number of carbonyl (C=O) groups excluding carboxylic acids is 1. The van der Waals surface area contributed by atoms with Crippen LogP contribution < -0.4 is 4.31 Å². The molecular weight excluding hydrogens is 250 g/mol. The van der Waals surface area contributed by atoms with E-state index in [0.717, 1.165) is 5.56 Å². The number of Topliss-reactive ketones (excluding diaryl/α,β-unsaturated/α-hetero) is 1. The Morgan fingerprint density at radius 2 is 2.11 bits per heavy atom. The number of carbonyl (C=O) groups is 1. The Hall–Kier alpha value is -1.36. The summed E-state index contributed by atoms with van der Waals surface area (Å²) < 4.78 is 24.9. The van der Waals surface area contributed by atoms with Gasteiger partial charge in [-0.1, -0.05) is 6.92 Å². The van der Waals surface area contributed by atoms with Gasteiger partial charge in [0, 0.05) is 18.0 Å². The van der Waals surface area contributed by atoms with E-state index in [9.17, 15) is 13.2 Å². The van der Waals surface area contributed by atoms with Gasteiger partial charge >= 0.3 is 0 Å². The summed E-state index contributed by atoms with van der Waals surface area (Å²) in [6.07, 6.45) is 2.33. The predicted molar refractivity (Wildman–Crippen MR) is 71.6 cm³/mol. The summed E-state index contributed by atoms with van der Waals surface area (Å²) in [6.45, 7) is 3.70. The molecule has 18 heavy (non-hydrogen) atoms. The Labute approximate surface area is 108 Å². The minimum absolute atomic E-state index is 0.0815. The van der Waals surface area contributed by atoms with Crippen molar-refractivity contribution in [3.8, 4) is 0 Å². The summed E-state index contributed by atoms with van der Waals surface area (Å²) in [5.41, 5.74) is 2.31. The van der Waals surface area contributed by atoms with Gasteiger partial charge in [-0.05, 0) is 37.1 Å². The Bertz CT molecular complexity index is 592. The van der Waals surface area contributed by atoms with Crippen LogP contribution in [0.25, 0.3) is 0 Å². The number of hydrogen-bond acceptors (Lipinski definition) is 3. The first-order valence-corrected chi connectivity index (χ1v) is 7.85. The van der Waals surface area contributed by atoms with Crippen LogP contribution in [0.15, 0.2) is 18.2 Å². The van der Waals surface area contributed by atoms with Crippen LogP contribution in [0.5, 0.6) is 0 Å². The van der Waals surface area contributed by atoms with Crippen LogP contribution in [0.1, 0.15) is 36.2 Å². The van der Waals surface area contributed by atoms with Crippen molar-refractivity contribution < 1.29 is 13.2 Å². The topological polar surface area (TPSA) is 54.5 Å². The second-order valence-corrected chi connectivity index (χ2v) is 6.59. The quantitative estimate of drug-likeness (QED) is 0.787. The van der Waals surface area contributed by atoms with Crippen LogP contribution in [0.4, 0.5) is 5.69 Å². The molecule has 1 aromatic rings. The highest BCUT2D eigenvalue weighted by Gasteiger charge is 2.32. The molecule has 1 heterocycles. The van der Waals surface area contributed by atoms with Crippen molar-refractivity contribution in [2.75, 3.05) is 10.6 Å². The van der Waals surface area contributed by atoms with Gasteiger partial charge in [-0.3, -0.25) is 9.10 Å². The summed E-state index contributed by atoms with van der Waals surface area (Å²) >= 11 is 0.